The minimum Gasteiger partial charge on any atom is -0.395 e. The van der Waals surface area contributed by atoms with Crippen LogP contribution in [-0.4, -0.2) is 35.7 Å². The summed E-state index contributed by atoms with van der Waals surface area (Å²) >= 11 is 0. The normalized spacial score (nSPS) is 12.0. The zero-order valence-electron chi connectivity index (χ0n) is 8.28. The summed E-state index contributed by atoms with van der Waals surface area (Å²) in [5.74, 6) is 0. The van der Waals surface area contributed by atoms with Gasteiger partial charge in [0, 0.05) is 0 Å². The maximum Gasteiger partial charge on any atom is 0.0763 e. The highest BCUT2D eigenvalue weighted by molar-refractivity contribution is 4.37. The monoisotopic (exact) mass is 177 g/mol. The van der Waals surface area contributed by atoms with Crippen molar-refractivity contribution in [1.29, 1.82) is 0 Å². The second-order valence-corrected chi connectivity index (χ2v) is 3.09. The van der Waals surface area contributed by atoms with Crippen LogP contribution in [0.4, 0.5) is 0 Å². The summed E-state index contributed by atoms with van der Waals surface area (Å²) in [5, 5.41) is 9.99. The summed E-state index contributed by atoms with van der Waals surface area (Å²) < 4.78 is 0. The molecule has 0 aromatic carbocycles. The van der Waals surface area contributed by atoms with Gasteiger partial charge in [0.25, 0.3) is 0 Å². The van der Waals surface area contributed by atoms with E-state index in [1.165, 1.54) is 5.23 Å². The van der Waals surface area contributed by atoms with Crippen molar-refractivity contribution in [3.63, 3.8) is 0 Å². The summed E-state index contributed by atoms with van der Waals surface area (Å²) in [4.78, 5) is 10.5. The third kappa shape index (κ3) is 6.54. The highest BCUT2D eigenvalue weighted by Crippen LogP contribution is 2.00. The van der Waals surface area contributed by atoms with E-state index in [0.717, 1.165) is 0 Å². The molecule has 4 heteroatoms. The van der Waals surface area contributed by atoms with Gasteiger partial charge in [0.1, 0.15) is 0 Å². The Labute approximate surface area is 74.0 Å². The number of rotatable bonds is 6. The van der Waals surface area contributed by atoms with Gasteiger partial charge < -0.3 is 5.11 Å². The Kier molecular flexibility index (Phi) is 6.28. The molecule has 1 N–H and O–H groups in total. The zero-order valence-corrected chi connectivity index (χ0v) is 8.28. The van der Waals surface area contributed by atoms with Crippen molar-refractivity contribution in [3.05, 3.63) is 0 Å². The Morgan fingerprint density at radius 1 is 1.08 bits per heavy atom. The van der Waals surface area contributed by atoms with Crippen molar-refractivity contribution in [1.82, 2.24) is 5.23 Å². The van der Waals surface area contributed by atoms with Gasteiger partial charge in [-0.25, -0.2) is 0 Å². The average Bonchev–Trinajstić information content (AvgIpc) is 1.84. The van der Waals surface area contributed by atoms with Crippen LogP contribution in [0, 0.1) is 0 Å². The van der Waals surface area contributed by atoms with Crippen LogP contribution in [0.25, 0.3) is 0 Å². The Bertz CT molecular complexity index is 96.5. The van der Waals surface area contributed by atoms with Crippen molar-refractivity contribution in [2.45, 2.75) is 39.9 Å². The lowest BCUT2D eigenvalue weighted by Crippen LogP contribution is -2.32. The SMILES string of the molecule is CC(C)ON(CCO)OC(C)C. The number of hydrogen-bond acceptors (Lipinski definition) is 4. The van der Waals surface area contributed by atoms with Crippen LogP contribution in [0.1, 0.15) is 27.7 Å². The molecule has 0 radical (unpaired) electrons. The highest BCUT2D eigenvalue weighted by Gasteiger charge is 2.09. The van der Waals surface area contributed by atoms with E-state index in [0.29, 0.717) is 6.54 Å². The van der Waals surface area contributed by atoms with Gasteiger partial charge in [-0.05, 0) is 27.7 Å². The van der Waals surface area contributed by atoms with Crippen molar-refractivity contribution >= 4 is 0 Å². The Morgan fingerprint density at radius 2 is 1.50 bits per heavy atom. The molecule has 0 aliphatic carbocycles. The predicted octanol–water partition coefficient (Wildman–Crippen LogP) is 0.961. The molecular formula is C8H19NO3. The molecule has 0 amide bonds. The van der Waals surface area contributed by atoms with Crippen LogP contribution in [0.5, 0.6) is 0 Å². The minimum absolute atomic E-state index is 0.0272. The average molecular weight is 177 g/mol. The van der Waals surface area contributed by atoms with Gasteiger partial charge in [-0.1, -0.05) is 5.23 Å². The molecule has 0 aliphatic heterocycles. The first kappa shape index (κ1) is 11.8. The largest absolute Gasteiger partial charge is 0.395 e. The van der Waals surface area contributed by atoms with Crippen LogP contribution in [0.15, 0.2) is 0 Å². The molecule has 12 heavy (non-hydrogen) atoms. The van der Waals surface area contributed by atoms with Crippen molar-refractivity contribution in [3.8, 4) is 0 Å². The Balaban J connectivity index is 3.69. The first-order chi connectivity index (χ1) is 5.56. The molecule has 0 aromatic heterocycles. The lowest BCUT2D eigenvalue weighted by atomic mass is 10.5. The molecule has 0 bridgehead atoms. The van der Waals surface area contributed by atoms with Gasteiger partial charge in [0.2, 0.25) is 0 Å². The molecular weight excluding hydrogens is 158 g/mol. The topological polar surface area (TPSA) is 41.9 Å². The zero-order chi connectivity index (χ0) is 9.56. The molecule has 0 rings (SSSR count). The Morgan fingerprint density at radius 3 is 1.75 bits per heavy atom. The maximum absolute atomic E-state index is 8.66. The Hall–Kier alpha value is -0.160. The molecule has 0 fully saturated rings. The lowest BCUT2D eigenvalue weighted by Gasteiger charge is -2.23. The third-order valence-electron chi connectivity index (χ3n) is 0.939. The molecule has 0 aromatic rings. The lowest BCUT2D eigenvalue weighted by molar-refractivity contribution is -0.395. The summed E-state index contributed by atoms with van der Waals surface area (Å²) in [5.41, 5.74) is 0. The van der Waals surface area contributed by atoms with Crippen molar-refractivity contribution < 1.29 is 14.8 Å². The van der Waals surface area contributed by atoms with E-state index in [1.807, 2.05) is 27.7 Å². The van der Waals surface area contributed by atoms with Gasteiger partial charge in [-0.3, -0.25) is 9.68 Å². The van der Waals surface area contributed by atoms with E-state index >= 15 is 0 Å². The van der Waals surface area contributed by atoms with Crippen molar-refractivity contribution in [2.75, 3.05) is 13.2 Å². The maximum atomic E-state index is 8.66. The standard InChI is InChI=1S/C8H19NO3/c1-7(2)11-9(5-6-10)12-8(3)4/h7-8,10H,5-6H2,1-4H3. The van der Waals surface area contributed by atoms with Gasteiger partial charge in [-0.15, -0.1) is 0 Å². The number of aliphatic hydroxyl groups is 1. The van der Waals surface area contributed by atoms with E-state index < -0.39 is 0 Å². The third-order valence-corrected chi connectivity index (χ3v) is 0.939. The predicted molar refractivity (Wildman–Crippen MR) is 46.2 cm³/mol. The molecule has 0 atom stereocenters. The van der Waals surface area contributed by atoms with E-state index in [4.69, 9.17) is 14.8 Å². The van der Waals surface area contributed by atoms with Crippen LogP contribution in [0.2, 0.25) is 0 Å². The van der Waals surface area contributed by atoms with Gasteiger partial charge in [-0.2, -0.15) is 0 Å². The quantitative estimate of drug-likeness (QED) is 0.614. The number of nitrogens with zero attached hydrogens (tertiary/aromatic N) is 1. The van der Waals surface area contributed by atoms with E-state index in [9.17, 15) is 0 Å². The second kappa shape index (κ2) is 6.37. The van der Waals surface area contributed by atoms with E-state index in [2.05, 4.69) is 0 Å². The molecule has 74 valence electrons. The first-order valence-electron chi connectivity index (χ1n) is 4.28. The van der Waals surface area contributed by atoms with Crippen LogP contribution < -0.4 is 0 Å². The summed E-state index contributed by atoms with van der Waals surface area (Å²) in [6, 6.07) is 0. The molecule has 0 heterocycles. The van der Waals surface area contributed by atoms with E-state index in [-0.39, 0.29) is 18.8 Å². The fraction of sp³-hybridized carbons (Fsp3) is 1.00. The second-order valence-electron chi connectivity index (χ2n) is 3.09. The number of aliphatic hydroxyl groups excluding tert-OH is 1. The number of hydroxylamine groups is 2. The summed E-state index contributed by atoms with van der Waals surface area (Å²) in [6.45, 7) is 8.04. The molecule has 0 saturated heterocycles. The molecule has 4 nitrogen and oxygen atoms in total. The minimum atomic E-state index is 0.0272. The molecule has 0 unspecified atom stereocenters. The molecule has 0 spiro atoms. The van der Waals surface area contributed by atoms with Gasteiger partial charge >= 0.3 is 0 Å². The number of hydrogen-bond donors (Lipinski definition) is 1. The van der Waals surface area contributed by atoms with Crippen molar-refractivity contribution in [2.24, 2.45) is 0 Å². The smallest absolute Gasteiger partial charge is 0.0763 e. The van der Waals surface area contributed by atoms with Crippen LogP contribution in [-0.2, 0) is 9.68 Å². The van der Waals surface area contributed by atoms with Gasteiger partial charge in [0.15, 0.2) is 0 Å². The first-order valence-corrected chi connectivity index (χ1v) is 4.28. The molecule has 0 aliphatic rings. The van der Waals surface area contributed by atoms with Gasteiger partial charge in [0.05, 0.1) is 25.4 Å². The fourth-order valence-corrected chi connectivity index (χ4v) is 0.682. The van der Waals surface area contributed by atoms with E-state index in [1.54, 1.807) is 0 Å². The van der Waals surface area contributed by atoms with Crippen LogP contribution >= 0.6 is 0 Å². The fourth-order valence-electron chi connectivity index (χ4n) is 0.682. The summed E-state index contributed by atoms with van der Waals surface area (Å²) in [6.07, 6.45) is 0.130. The van der Waals surface area contributed by atoms with Crippen LogP contribution in [0.3, 0.4) is 0 Å². The molecule has 0 saturated carbocycles. The highest BCUT2D eigenvalue weighted by atomic mass is 17.0. The summed E-state index contributed by atoms with van der Waals surface area (Å²) in [7, 11) is 0.